The van der Waals surface area contributed by atoms with E-state index in [1.54, 1.807) is 28.4 Å². The third-order valence-corrected chi connectivity index (χ3v) is 10.5. The Bertz CT molecular complexity index is 909. The molecule has 0 aliphatic heterocycles. The first kappa shape index (κ1) is 25.7. The van der Waals surface area contributed by atoms with Crippen molar-refractivity contribution in [3.63, 3.8) is 0 Å². The molecule has 2 aromatic rings. The van der Waals surface area contributed by atoms with Gasteiger partial charge in [0.25, 0.3) is 8.32 Å². The summed E-state index contributed by atoms with van der Waals surface area (Å²) in [5.41, 5.74) is 1.96. The molecule has 2 rings (SSSR count). The largest absolute Gasteiger partial charge is 0.541 e. The number of methoxy groups -OCH3 is 4. The molecular formula is C26H38O5Si. The van der Waals surface area contributed by atoms with Crippen molar-refractivity contribution in [1.82, 2.24) is 0 Å². The maximum absolute atomic E-state index is 6.66. The van der Waals surface area contributed by atoms with Crippen molar-refractivity contribution < 1.29 is 23.4 Å². The smallest absolute Gasteiger partial charge is 0.250 e. The van der Waals surface area contributed by atoms with Crippen molar-refractivity contribution in [2.75, 3.05) is 28.4 Å². The van der Waals surface area contributed by atoms with Gasteiger partial charge in [0.1, 0.15) is 5.75 Å². The van der Waals surface area contributed by atoms with E-state index < -0.39 is 8.32 Å². The Morgan fingerprint density at radius 2 is 1.28 bits per heavy atom. The van der Waals surface area contributed by atoms with Crippen LogP contribution in [0.1, 0.15) is 44.7 Å². The molecule has 6 heteroatoms. The van der Waals surface area contributed by atoms with E-state index >= 15 is 0 Å². The van der Waals surface area contributed by atoms with Gasteiger partial charge in [-0.2, -0.15) is 0 Å². The molecule has 0 heterocycles. The minimum Gasteiger partial charge on any atom is -0.541 e. The molecule has 0 unspecified atom stereocenters. The highest BCUT2D eigenvalue weighted by molar-refractivity contribution is 6.74. The Morgan fingerprint density at radius 3 is 1.78 bits per heavy atom. The van der Waals surface area contributed by atoms with Crippen LogP contribution in [-0.2, 0) is 0 Å². The highest BCUT2D eigenvalue weighted by atomic mass is 28.4. The number of rotatable bonds is 11. The Kier molecular flexibility index (Phi) is 8.67. The van der Waals surface area contributed by atoms with Crippen LogP contribution < -0.4 is 23.4 Å². The molecule has 0 aromatic heterocycles. The summed E-state index contributed by atoms with van der Waals surface area (Å²) in [5, 5.41) is 0.148. The van der Waals surface area contributed by atoms with Gasteiger partial charge < -0.3 is 23.4 Å². The normalized spacial score (nSPS) is 12.0. The van der Waals surface area contributed by atoms with Crippen LogP contribution in [-0.4, -0.2) is 36.8 Å². The number of ether oxygens (including phenoxy) is 4. The fourth-order valence-corrected chi connectivity index (χ4v) is 5.44. The van der Waals surface area contributed by atoms with E-state index in [0.717, 1.165) is 35.5 Å². The van der Waals surface area contributed by atoms with Gasteiger partial charge in [0.2, 0.25) is 5.75 Å². The van der Waals surface area contributed by atoms with E-state index in [1.807, 2.05) is 42.5 Å². The van der Waals surface area contributed by atoms with E-state index in [2.05, 4.69) is 33.9 Å². The lowest BCUT2D eigenvalue weighted by molar-refractivity contribution is 0.324. The zero-order valence-electron chi connectivity index (χ0n) is 21.0. The van der Waals surface area contributed by atoms with Gasteiger partial charge >= 0.3 is 0 Å². The molecule has 0 saturated heterocycles. The van der Waals surface area contributed by atoms with Crippen molar-refractivity contribution in [3.05, 3.63) is 41.5 Å². The van der Waals surface area contributed by atoms with Crippen LogP contribution in [0.15, 0.2) is 30.3 Å². The second kappa shape index (κ2) is 10.8. The van der Waals surface area contributed by atoms with Crippen molar-refractivity contribution in [3.8, 4) is 28.7 Å². The van der Waals surface area contributed by atoms with Crippen molar-refractivity contribution in [2.24, 2.45) is 0 Å². The molecule has 0 amide bonds. The second-order valence-electron chi connectivity index (χ2n) is 8.95. The summed E-state index contributed by atoms with van der Waals surface area (Å²) in [7, 11) is 4.47. The molecule has 0 radical (unpaired) electrons. The summed E-state index contributed by atoms with van der Waals surface area (Å²) in [4.78, 5) is 0. The molecule has 0 aliphatic carbocycles. The standard InChI is InChI=1S/C26H38O5Si/c1-10-15-26(2,3)32(8,9)31-22-16-19(13-14-21(22)27-4)11-12-20-17-23(28-5)25(30-7)24(18-20)29-6/h11-14,16-18H,10,15H2,1-9H3. The number of hydrogen-bond donors (Lipinski definition) is 0. The third-order valence-electron chi connectivity index (χ3n) is 6.21. The average molecular weight is 459 g/mol. The Morgan fingerprint density at radius 1 is 0.750 bits per heavy atom. The molecule has 5 nitrogen and oxygen atoms in total. The van der Waals surface area contributed by atoms with Crippen LogP contribution in [0, 0.1) is 0 Å². The second-order valence-corrected chi connectivity index (χ2v) is 13.5. The fourth-order valence-electron chi connectivity index (χ4n) is 3.61. The van der Waals surface area contributed by atoms with Crippen LogP contribution in [0.3, 0.4) is 0 Å². The van der Waals surface area contributed by atoms with E-state index in [9.17, 15) is 0 Å². The maximum atomic E-state index is 6.66. The zero-order chi connectivity index (χ0) is 23.9. The minimum atomic E-state index is -2.04. The van der Waals surface area contributed by atoms with Gasteiger partial charge in [0, 0.05) is 0 Å². The molecule has 0 atom stereocenters. The quantitative estimate of drug-likeness (QED) is 0.266. The summed E-state index contributed by atoms with van der Waals surface area (Å²) in [6.45, 7) is 11.4. The number of hydrogen-bond acceptors (Lipinski definition) is 5. The van der Waals surface area contributed by atoms with Gasteiger partial charge in [-0.15, -0.1) is 0 Å². The molecule has 32 heavy (non-hydrogen) atoms. The topological polar surface area (TPSA) is 46.2 Å². The lowest BCUT2D eigenvalue weighted by Gasteiger charge is -2.39. The molecule has 0 fully saturated rings. The van der Waals surface area contributed by atoms with Crippen LogP contribution in [0.4, 0.5) is 0 Å². The lowest BCUT2D eigenvalue weighted by Crippen LogP contribution is -2.45. The molecule has 0 aliphatic rings. The van der Waals surface area contributed by atoms with Crippen molar-refractivity contribution >= 4 is 20.5 Å². The Labute approximate surface area is 194 Å². The highest BCUT2D eigenvalue weighted by Crippen LogP contribution is 2.44. The molecule has 0 N–H and O–H groups in total. The van der Waals surface area contributed by atoms with Crippen molar-refractivity contribution in [1.29, 1.82) is 0 Å². The Balaban J connectivity index is 2.38. The van der Waals surface area contributed by atoms with Crippen LogP contribution in [0.2, 0.25) is 18.1 Å². The summed E-state index contributed by atoms with van der Waals surface area (Å²) < 4.78 is 28.6. The first-order chi connectivity index (χ1) is 15.1. The van der Waals surface area contributed by atoms with Gasteiger partial charge in [0.15, 0.2) is 17.2 Å². The maximum Gasteiger partial charge on any atom is 0.250 e. The van der Waals surface area contributed by atoms with Gasteiger partial charge in [0.05, 0.1) is 28.4 Å². The molecule has 0 spiro atoms. The van der Waals surface area contributed by atoms with Crippen LogP contribution >= 0.6 is 0 Å². The van der Waals surface area contributed by atoms with Crippen molar-refractivity contribution in [2.45, 2.75) is 51.7 Å². The molecular weight excluding hydrogens is 420 g/mol. The van der Waals surface area contributed by atoms with Gasteiger partial charge in [-0.1, -0.05) is 45.4 Å². The minimum absolute atomic E-state index is 0.148. The van der Waals surface area contributed by atoms with Gasteiger partial charge in [-0.3, -0.25) is 0 Å². The van der Waals surface area contributed by atoms with Gasteiger partial charge in [-0.05, 0) is 59.9 Å². The molecule has 2 aromatic carbocycles. The highest BCUT2D eigenvalue weighted by Gasteiger charge is 2.42. The summed E-state index contributed by atoms with van der Waals surface area (Å²) in [6.07, 6.45) is 6.33. The van der Waals surface area contributed by atoms with E-state index in [0.29, 0.717) is 17.2 Å². The first-order valence-electron chi connectivity index (χ1n) is 11.0. The average Bonchev–Trinajstić information content (AvgIpc) is 2.76. The van der Waals surface area contributed by atoms with Crippen LogP contribution in [0.25, 0.3) is 12.2 Å². The predicted molar refractivity (Wildman–Crippen MR) is 135 cm³/mol. The summed E-state index contributed by atoms with van der Waals surface area (Å²) in [5.74, 6) is 3.37. The fraction of sp³-hybridized carbons (Fsp3) is 0.462. The van der Waals surface area contributed by atoms with E-state index in [4.69, 9.17) is 23.4 Å². The van der Waals surface area contributed by atoms with Crippen LogP contribution in [0.5, 0.6) is 28.7 Å². The Hall–Kier alpha value is -2.60. The molecule has 0 bridgehead atoms. The lowest BCUT2D eigenvalue weighted by atomic mass is 10.1. The SMILES string of the molecule is CCCC(C)(C)[Si](C)(C)Oc1cc(C=Cc2cc(OC)c(OC)c(OC)c2)ccc1OC. The first-order valence-corrected chi connectivity index (χ1v) is 13.9. The van der Waals surface area contributed by atoms with E-state index in [1.165, 1.54) is 0 Å². The number of benzene rings is 2. The molecule has 176 valence electrons. The zero-order valence-corrected chi connectivity index (χ0v) is 22.0. The summed E-state index contributed by atoms with van der Waals surface area (Å²) in [6, 6.07) is 9.86. The summed E-state index contributed by atoms with van der Waals surface area (Å²) >= 11 is 0. The monoisotopic (exact) mass is 458 g/mol. The molecule has 0 saturated carbocycles. The van der Waals surface area contributed by atoms with Gasteiger partial charge in [-0.25, -0.2) is 0 Å². The predicted octanol–water partition coefficient (Wildman–Crippen LogP) is 7.06. The third kappa shape index (κ3) is 5.79. The van der Waals surface area contributed by atoms with E-state index in [-0.39, 0.29) is 5.04 Å².